The average Bonchev–Trinajstić information content (AvgIpc) is 3.57. The van der Waals surface area contributed by atoms with Crippen LogP contribution in [0.15, 0.2) is 77.3 Å². The lowest BCUT2D eigenvalue weighted by Gasteiger charge is -2.32. The van der Waals surface area contributed by atoms with Crippen LogP contribution in [0.2, 0.25) is 0 Å². The summed E-state index contributed by atoms with van der Waals surface area (Å²) >= 11 is 0. The number of aryl methyl sites for hydroxylation is 2. The average molecular weight is 498 g/mol. The number of nitriles is 1. The largest absolute Gasteiger partial charge is 0.454 e. The second kappa shape index (κ2) is 9.14. The highest BCUT2D eigenvalue weighted by atomic mass is 16.3. The maximum Gasteiger partial charge on any atom is 0.216 e. The number of fused-ring (bicyclic) bond motifs is 4. The van der Waals surface area contributed by atoms with Gasteiger partial charge >= 0.3 is 0 Å². The van der Waals surface area contributed by atoms with E-state index in [9.17, 15) is 5.26 Å². The van der Waals surface area contributed by atoms with Crippen molar-refractivity contribution >= 4 is 21.9 Å². The van der Waals surface area contributed by atoms with E-state index >= 15 is 0 Å². The third kappa shape index (κ3) is 3.66. The first-order chi connectivity index (χ1) is 18.6. The van der Waals surface area contributed by atoms with Crippen molar-refractivity contribution in [3.05, 3.63) is 89.6 Å². The summed E-state index contributed by atoms with van der Waals surface area (Å²) in [7, 11) is 2.07. The van der Waals surface area contributed by atoms with Crippen molar-refractivity contribution < 1.29 is 8.98 Å². The fraction of sp³-hybridized carbons (Fsp3) is 0.314. The van der Waals surface area contributed by atoms with Gasteiger partial charge in [-0.25, -0.2) is 4.57 Å². The van der Waals surface area contributed by atoms with E-state index in [4.69, 9.17) is 4.42 Å². The van der Waals surface area contributed by atoms with Crippen LogP contribution in [0.25, 0.3) is 44.3 Å². The van der Waals surface area contributed by atoms with Crippen LogP contribution >= 0.6 is 0 Å². The Morgan fingerprint density at radius 2 is 1.66 bits per heavy atom. The van der Waals surface area contributed by atoms with E-state index in [1.807, 2.05) is 12.1 Å². The third-order valence-corrected chi connectivity index (χ3v) is 9.39. The molecule has 7 rings (SSSR count). The molecule has 2 saturated carbocycles. The van der Waals surface area contributed by atoms with Crippen LogP contribution in [-0.4, -0.2) is 0 Å². The second-order valence-electron chi connectivity index (χ2n) is 11.5. The number of furan rings is 1. The maximum atomic E-state index is 10.2. The van der Waals surface area contributed by atoms with Crippen LogP contribution in [0.5, 0.6) is 0 Å². The molecule has 0 N–H and O–H groups in total. The summed E-state index contributed by atoms with van der Waals surface area (Å²) in [5.74, 6) is 2.46. The lowest BCUT2D eigenvalue weighted by molar-refractivity contribution is -0.660. The molecule has 3 nitrogen and oxygen atoms in total. The summed E-state index contributed by atoms with van der Waals surface area (Å²) in [6.07, 6.45) is 10.3. The number of pyridine rings is 1. The van der Waals surface area contributed by atoms with E-state index in [2.05, 4.69) is 85.4 Å². The van der Waals surface area contributed by atoms with Crippen LogP contribution in [-0.2, 0) is 7.05 Å². The van der Waals surface area contributed by atoms with E-state index in [0.717, 1.165) is 56.2 Å². The monoisotopic (exact) mass is 497 g/mol. The highest BCUT2D eigenvalue weighted by molar-refractivity contribution is 6.14. The Morgan fingerprint density at radius 3 is 2.50 bits per heavy atom. The van der Waals surface area contributed by atoms with Crippen molar-refractivity contribution in [3.63, 3.8) is 0 Å². The number of aromatic nitrogens is 1. The Morgan fingerprint density at radius 1 is 0.842 bits per heavy atom. The molecule has 2 aliphatic carbocycles. The second-order valence-corrected chi connectivity index (χ2v) is 11.5. The van der Waals surface area contributed by atoms with E-state index in [-0.39, 0.29) is 0 Å². The number of hydrogen-bond donors (Lipinski definition) is 0. The van der Waals surface area contributed by atoms with Gasteiger partial charge in [0.1, 0.15) is 18.2 Å². The first-order valence-electron chi connectivity index (χ1n) is 14.1. The lowest BCUT2D eigenvalue weighted by atomic mass is 9.73. The molecule has 0 saturated heterocycles. The molecule has 0 bridgehead atoms. The Labute approximate surface area is 224 Å². The van der Waals surface area contributed by atoms with Crippen molar-refractivity contribution in [1.82, 2.24) is 0 Å². The summed E-state index contributed by atoms with van der Waals surface area (Å²) < 4.78 is 8.92. The van der Waals surface area contributed by atoms with Crippen LogP contribution in [0.4, 0.5) is 0 Å². The van der Waals surface area contributed by atoms with Gasteiger partial charge in [-0.2, -0.15) is 5.26 Å². The van der Waals surface area contributed by atoms with Crippen LogP contribution in [0.1, 0.15) is 61.1 Å². The Hall–Kier alpha value is -3.90. The van der Waals surface area contributed by atoms with Crippen molar-refractivity contribution in [1.29, 1.82) is 5.26 Å². The SMILES string of the molecule is Cc1ccc2c(oc3c(-c4cccc(C5CCC6CCCC6C5)c4)c(C#N)ccc32)c1-c1cccc[n+]1C. The molecule has 0 amide bonds. The van der Waals surface area contributed by atoms with E-state index in [0.29, 0.717) is 11.5 Å². The molecule has 3 unspecified atom stereocenters. The van der Waals surface area contributed by atoms with Crippen molar-refractivity contribution in [2.45, 2.75) is 51.4 Å². The molecule has 3 aromatic carbocycles. The zero-order valence-corrected chi connectivity index (χ0v) is 22.2. The van der Waals surface area contributed by atoms with Gasteiger partial charge in [0, 0.05) is 28.5 Å². The number of nitrogens with zero attached hydrogens (tertiary/aromatic N) is 2. The zero-order chi connectivity index (χ0) is 25.8. The molecule has 0 aliphatic heterocycles. The standard InChI is InChI=1S/C35H33N2O/c1-22-12-16-29-30-17-15-28(21-36)33(35(30)38-34(29)32(22)31-11-3-4-18-37(31)2)27-10-6-9-25(20-27)26-14-13-23-7-5-8-24(23)19-26/h3-4,6,9-12,15-18,20,23-24,26H,5,7-8,13-14,19H2,1-2H3/q+1. The predicted octanol–water partition coefficient (Wildman–Crippen LogP) is 8.61. The van der Waals surface area contributed by atoms with Crippen molar-refractivity contribution in [2.75, 3.05) is 0 Å². The first-order valence-corrected chi connectivity index (χ1v) is 14.1. The maximum absolute atomic E-state index is 10.2. The van der Waals surface area contributed by atoms with Gasteiger partial charge in [0.2, 0.25) is 5.69 Å². The summed E-state index contributed by atoms with van der Waals surface area (Å²) in [5, 5.41) is 12.3. The van der Waals surface area contributed by atoms with Gasteiger partial charge < -0.3 is 4.42 Å². The number of hydrogen-bond acceptors (Lipinski definition) is 2. The molecule has 3 atom stereocenters. The summed E-state index contributed by atoms with van der Waals surface area (Å²) in [4.78, 5) is 0. The summed E-state index contributed by atoms with van der Waals surface area (Å²) in [6.45, 7) is 2.14. The minimum atomic E-state index is 0.613. The fourth-order valence-corrected chi connectivity index (χ4v) is 7.44. The molecular weight excluding hydrogens is 464 g/mol. The highest BCUT2D eigenvalue weighted by Crippen LogP contribution is 2.48. The molecule has 0 radical (unpaired) electrons. The van der Waals surface area contributed by atoms with Gasteiger partial charge in [0.25, 0.3) is 0 Å². The smallest absolute Gasteiger partial charge is 0.216 e. The van der Waals surface area contributed by atoms with Gasteiger partial charge in [-0.15, -0.1) is 0 Å². The van der Waals surface area contributed by atoms with E-state index in [1.54, 1.807) is 0 Å². The van der Waals surface area contributed by atoms with Crippen LogP contribution in [0.3, 0.4) is 0 Å². The van der Waals surface area contributed by atoms with Gasteiger partial charge in [0.05, 0.1) is 17.2 Å². The molecule has 38 heavy (non-hydrogen) atoms. The lowest BCUT2D eigenvalue weighted by Crippen LogP contribution is -2.30. The molecule has 2 heterocycles. The topological polar surface area (TPSA) is 40.8 Å². The van der Waals surface area contributed by atoms with Crippen molar-refractivity contribution in [2.24, 2.45) is 18.9 Å². The molecular formula is C35H33N2O+. The third-order valence-electron chi connectivity index (χ3n) is 9.39. The molecule has 3 heteroatoms. The Balaban J connectivity index is 1.41. The molecule has 0 spiro atoms. The molecule has 2 aliphatic rings. The highest BCUT2D eigenvalue weighted by Gasteiger charge is 2.34. The molecule has 188 valence electrons. The summed E-state index contributed by atoms with van der Waals surface area (Å²) in [5.41, 5.74) is 9.16. The molecule has 5 aromatic rings. The molecule has 2 fully saturated rings. The van der Waals surface area contributed by atoms with Gasteiger partial charge in [-0.05, 0) is 78.8 Å². The van der Waals surface area contributed by atoms with Crippen LogP contribution < -0.4 is 4.57 Å². The summed E-state index contributed by atoms with van der Waals surface area (Å²) in [6, 6.07) is 26.0. The number of rotatable bonds is 3. The minimum absolute atomic E-state index is 0.613. The molecule has 2 aromatic heterocycles. The zero-order valence-electron chi connectivity index (χ0n) is 22.2. The predicted molar refractivity (Wildman–Crippen MR) is 153 cm³/mol. The van der Waals surface area contributed by atoms with Crippen LogP contribution in [0, 0.1) is 30.1 Å². The van der Waals surface area contributed by atoms with Crippen molar-refractivity contribution in [3.8, 4) is 28.5 Å². The normalized spacial score (nSPS) is 21.0. The van der Waals surface area contributed by atoms with E-state index in [1.165, 1.54) is 49.7 Å². The number of benzene rings is 3. The van der Waals surface area contributed by atoms with Gasteiger partial charge in [0.15, 0.2) is 6.20 Å². The first kappa shape index (κ1) is 23.2. The Bertz CT molecular complexity index is 1740. The van der Waals surface area contributed by atoms with Gasteiger partial charge in [-0.1, -0.05) is 55.7 Å². The van der Waals surface area contributed by atoms with E-state index < -0.39 is 0 Å². The minimum Gasteiger partial charge on any atom is -0.454 e. The van der Waals surface area contributed by atoms with Gasteiger partial charge in [-0.3, -0.25) is 0 Å². The fourth-order valence-electron chi connectivity index (χ4n) is 7.44. The quantitative estimate of drug-likeness (QED) is 0.234. The Kier molecular flexibility index (Phi) is 5.59.